The van der Waals surface area contributed by atoms with E-state index in [0.29, 0.717) is 11.6 Å². The summed E-state index contributed by atoms with van der Waals surface area (Å²) in [5.74, 6) is 2.16. The van der Waals surface area contributed by atoms with Crippen molar-refractivity contribution in [2.24, 2.45) is 0 Å². The molecule has 6 heteroatoms. The maximum Gasteiger partial charge on any atom is 0.223 e. The zero-order valence-corrected chi connectivity index (χ0v) is 10.3. The number of hydrogen-bond donors (Lipinski definition) is 3. The summed E-state index contributed by atoms with van der Waals surface area (Å²) in [6.45, 7) is 2.07. The number of aryl methyl sites for hydroxylation is 1. The lowest BCUT2D eigenvalue weighted by molar-refractivity contribution is 0.495. The number of nitrogens with two attached hydrogens (primary N) is 2. The fraction of sp³-hybridized carbons (Fsp3) is 0.333. The van der Waals surface area contributed by atoms with Crippen LogP contribution < -0.4 is 16.8 Å². The first-order valence-corrected chi connectivity index (χ1v) is 5.82. The Morgan fingerprint density at radius 3 is 2.89 bits per heavy atom. The van der Waals surface area contributed by atoms with E-state index in [-0.39, 0.29) is 12.0 Å². The molecule has 1 atom stereocenters. The molecule has 2 aromatic heterocycles. The summed E-state index contributed by atoms with van der Waals surface area (Å²) in [7, 11) is 0. The minimum absolute atomic E-state index is 0.177. The van der Waals surface area contributed by atoms with Crippen LogP contribution in [0.3, 0.4) is 0 Å². The molecule has 0 radical (unpaired) electrons. The van der Waals surface area contributed by atoms with E-state index < -0.39 is 0 Å². The number of hydrogen-bond acceptors (Lipinski definition) is 6. The lowest BCUT2D eigenvalue weighted by Gasteiger charge is -2.14. The molecule has 1 unspecified atom stereocenters. The van der Waals surface area contributed by atoms with E-state index in [2.05, 4.69) is 22.2 Å². The fourth-order valence-corrected chi connectivity index (χ4v) is 1.70. The van der Waals surface area contributed by atoms with Crippen LogP contribution in [0, 0.1) is 0 Å². The van der Waals surface area contributed by atoms with Gasteiger partial charge in [0.05, 0.1) is 6.26 Å². The molecule has 0 aliphatic heterocycles. The molecule has 2 aromatic rings. The second kappa shape index (κ2) is 5.39. The molecule has 0 saturated carbocycles. The van der Waals surface area contributed by atoms with Gasteiger partial charge in [0.2, 0.25) is 5.95 Å². The third kappa shape index (κ3) is 3.38. The third-order valence-corrected chi connectivity index (χ3v) is 2.56. The molecule has 5 N–H and O–H groups in total. The van der Waals surface area contributed by atoms with Gasteiger partial charge in [-0.2, -0.15) is 9.97 Å². The Morgan fingerprint density at radius 2 is 2.22 bits per heavy atom. The van der Waals surface area contributed by atoms with Gasteiger partial charge in [0, 0.05) is 18.5 Å². The third-order valence-electron chi connectivity index (χ3n) is 2.56. The summed E-state index contributed by atoms with van der Waals surface area (Å²) < 4.78 is 5.28. The van der Waals surface area contributed by atoms with Crippen LogP contribution in [0.2, 0.25) is 0 Å². The van der Waals surface area contributed by atoms with Gasteiger partial charge in [-0.1, -0.05) is 0 Å². The first-order valence-electron chi connectivity index (χ1n) is 5.82. The zero-order valence-electron chi connectivity index (χ0n) is 10.3. The van der Waals surface area contributed by atoms with Crippen LogP contribution in [0.5, 0.6) is 0 Å². The van der Waals surface area contributed by atoms with Crippen LogP contribution in [0.15, 0.2) is 28.9 Å². The SMILES string of the molecule is CC(CCc1ccco1)Nc1cc(N)nc(N)n1. The molecule has 2 rings (SSSR count). The first-order chi connectivity index (χ1) is 8.63. The Labute approximate surface area is 105 Å². The van der Waals surface area contributed by atoms with Gasteiger partial charge in [-0.15, -0.1) is 0 Å². The van der Waals surface area contributed by atoms with Crippen molar-refractivity contribution in [3.8, 4) is 0 Å². The lowest BCUT2D eigenvalue weighted by atomic mass is 10.1. The van der Waals surface area contributed by atoms with Crippen LogP contribution in [0.25, 0.3) is 0 Å². The van der Waals surface area contributed by atoms with Crippen LogP contribution in [0.1, 0.15) is 19.1 Å². The predicted molar refractivity (Wildman–Crippen MR) is 71.0 cm³/mol. The molecule has 18 heavy (non-hydrogen) atoms. The molecular formula is C12H17N5O. The van der Waals surface area contributed by atoms with Crippen molar-refractivity contribution in [1.82, 2.24) is 9.97 Å². The van der Waals surface area contributed by atoms with Crippen molar-refractivity contribution in [2.45, 2.75) is 25.8 Å². The largest absolute Gasteiger partial charge is 0.469 e. The van der Waals surface area contributed by atoms with Crippen molar-refractivity contribution in [3.63, 3.8) is 0 Å². The van der Waals surface area contributed by atoms with Gasteiger partial charge in [0.15, 0.2) is 0 Å². The summed E-state index contributed by atoms with van der Waals surface area (Å²) in [5.41, 5.74) is 11.1. The molecule has 0 amide bonds. The summed E-state index contributed by atoms with van der Waals surface area (Å²) in [4.78, 5) is 7.89. The molecule has 2 heterocycles. The molecule has 0 fully saturated rings. The van der Waals surface area contributed by atoms with Gasteiger partial charge in [-0.05, 0) is 25.5 Å². The second-order valence-electron chi connectivity index (χ2n) is 4.20. The van der Waals surface area contributed by atoms with Crippen LogP contribution >= 0.6 is 0 Å². The van der Waals surface area contributed by atoms with Gasteiger partial charge < -0.3 is 21.2 Å². The number of rotatable bonds is 5. The van der Waals surface area contributed by atoms with Crippen LogP contribution in [-0.2, 0) is 6.42 Å². The summed E-state index contributed by atoms with van der Waals surface area (Å²) in [6.07, 6.45) is 3.48. The minimum Gasteiger partial charge on any atom is -0.469 e. The molecule has 0 aliphatic carbocycles. The minimum atomic E-state index is 0.177. The standard InChI is InChI=1S/C12H17N5O/c1-8(4-5-9-3-2-6-18-9)15-11-7-10(13)16-12(14)17-11/h2-3,6-8H,4-5H2,1H3,(H5,13,14,15,16,17). The number of furan rings is 1. The van der Waals surface area contributed by atoms with Crippen molar-refractivity contribution in [2.75, 3.05) is 16.8 Å². The molecule has 96 valence electrons. The first kappa shape index (κ1) is 12.2. The Balaban J connectivity index is 1.88. The van der Waals surface area contributed by atoms with E-state index in [4.69, 9.17) is 15.9 Å². The Morgan fingerprint density at radius 1 is 1.39 bits per heavy atom. The quantitative estimate of drug-likeness (QED) is 0.742. The van der Waals surface area contributed by atoms with Gasteiger partial charge in [-0.3, -0.25) is 0 Å². The highest BCUT2D eigenvalue weighted by molar-refractivity contribution is 5.48. The Bertz CT molecular complexity index is 477. The van der Waals surface area contributed by atoms with Crippen molar-refractivity contribution < 1.29 is 4.42 Å². The van der Waals surface area contributed by atoms with E-state index >= 15 is 0 Å². The fourth-order valence-electron chi connectivity index (χ4n) is 1.70. The topological polar surface area (TPSA) is 103 Å². The normalized spacial score (nSPS) is 12.3. The van der Waals surface area contributed by atoms with E-state index in [1.165, 1.54) is 0 Å². The van der Waals surface area contributed by atoms with Gasteiger partial charge in [0.25, 0.3) is 0 Å². The van der Waals surface area contributed by atoms with Crippen LogP contribution in [-0.4, -0.2) is 16.0 Å². The average molecular weight is 247 g/mol. The van der Waals surface area contributed by atoms with Crippen molar-refractivity contribution in [1.29, 1.82) is 0 Å². The van der Waals surface area contributed by atoms with E-state index in [1.54, 1.807) is 12.3 Å². The zero-order chi connectivity index (χ0) is 13.0. The highest BCUT2D eigenvalue weighted by Gasteiger charge is 2.06. The van der Waals surface area contributed by atoms with E-state index in [0.717, 1.165) is 18.6 Å². The monoisotopic (exact) mass is 247 g/mol. The maximum absolute atomic E-state index is 5.60. The number of aromatic nitrogens is 2. The smallest absolute Gasteiger partial charge is 0.223 e. The molecule has 0 aromatic carbocycles. The highest BCUT2D eigenvalue weighted by atomic mass is 16.3. The summed E-state index contributed by atoms with van der Waals surface area (Å²) in [5, 5.41) is 3.23. The molecule has 0 aliphatic rings. The van der Waals surface area contributed by atoms with Crippen molar-refractivity contribution in [3.05, 3.63) is 30.2 Å². The molecular weight excluding hydrogens is 230 g/mol. The highest BCUT2D eigenvalue weighted by Crippen LogP contribution is 2.13. The Kier molecular flexibility index (Phi) is 3.66. The van der Waals surface area contributed by atoms with Crippen molar-refractivity contribution >= 4 is 17.6 Å². The van der Waals surface area contributed by atoms with E-state index in [9.17, 15) is 0 Å². The molecule has 0 bridgehead atoms. The van der Waals surface area contributed by atoms with Crippen LogP contribution in [0.4, 0.5) is 17.6 Å². The lowest BCUT2D eigenvalue weighted by Crippen LogP contribution is -2.17. The number of nitrogens with one attached hydrogen (secondary N) is 1. The van der Waals surface area contributed by atoms with Gasteiger partial charge in [0.1, 0.15) is 17.4 Å². The number of nitrogen functional groups attached to an aromatic ring is 2. The summed E-state index contributed by atoms with van der Waals surface area (Å²) >= 11 is 0. The maximum atomic E-state index is 5.60. The molecule has 0 spiro atoms. The second-order valence-corrected chi connectivity index (χ2v) is 4.20. The Hall–Kier alpha value is -2.24. The summed E-state index contributed by atoms with van der Waals surface area (Å²) in [6, 6.07) is 5.76. The predicted octanol–water partition coefficient (Wildman–Crippen LogP) is 1.67. The van der Waals surface area contributed by atoms with Gasteiger partial charge in [-0.25, -0.2) is 0 Å². The molecule has 0 saturated heterocycles. The number of nitrogens with zero attached hydrogens (tertiary/aromatic N) is 2. The number of anilines is 3. The van der Waals surface area contributed by atoms with Gasteiger partial charge >= 0.3 is 0 Å². The average Bonchev–Trinajstić information content (AvgIpc) is 2.77. The van der Waals surface area contributed by atoms with E-state index in [1.807, 2.05) is 12.1 Å². The molecule has 6 nitrogen and oxygen atoms in total.